The number of rotatable bonds is 6. The maximum atomic E-state index is 10.5. The fourth-order valence-electron chi connectivity index (χ4n) is 2.92. The Balaban J connectivity index is 2.58. The molecule has 0 unspecified atom stereocenters. The molecular formula is C15H28O. The zero-order valence-corrected chi connectivity index (χ0v) is 11.0. The maximum Gasteiger partial charge on any atom is 0.0656 e. The lowest BCUT2D eigenvalue weighted by molar-refractivity contribution is -0.00114. The third kappa shape index (κ3) is 3.35. The van der Waals surface area contributed by atoms with Crippen LogP contribution in [0.2, 0.25) is 0 Å². The van der Waals surface area contributed by atoms with Crippen LogP contribution in [-0.4, -0.2) is 11.2 Å². The van der Waals surface area contributed by atoms with Crippen LogP contribution in [0.3, 0.4) is 0 Å². The second-order valence-electron chi connectivity index (χ2n) is 5.66. The monoisotopic (exact) mass is 224 g/mol. The van der Waals surface area contributed by atoms with E-state index < -0.39 is 0 Å². The summed E-state index contributed by atoms with van der Waals surface area (Å²) in [6.45, 7) is 8.32. The Bertz CT molecular complexity index is 205. The van der Waals surface area contributed by atoms with Gasteiger partial charge in [-0.05, 0) is 25.2 Å². The van der Waals surface area contributed by atoms with E-state index in [9.17, 15) is 5.11 Å². The topological polar surface area (TPSA) is 20.2 Å². The predicted octanol–water partition coefficient (Wildman–Crippen LogP) is 4.31. The Kier molecular flexibility index (Phi) is 5.54. The largest absolute Gasteiger partial charge is 0.392 e. The van der Waals surface area contributed by atoms with Gasteiger partial charge < -0.3 is 5.11 Å². The number of aliphatic hydroxyl groups is 1. The average Bonchev–Trinajstić information content (AvgIpc) is 2.36. The third-order valence-electron chi connectivity index (χ3n) is 4.31. The number of aliphatic hydroxyl groups excluding tert-OH is 1. The lowest BCUT2D eigenvalue weighted by Crippen LogP contribution is -2.37. The first-order valence-electron chi connectivity index (χ1n) is 6.95. The van der Waals surface area contributed by atoms with Crippen LogP contribution in [0.15, 0.2) is 12.7 Å². The van der Waals surface area contributed by atoms with Crippen LogP contribution >= 0.6 is 0 Å². The molecule has 0 aliphatic heterocycles. The zero-order valence-electron chi connectivity index (χ0n) is 11.0. The summed E-state index contributed by atoms with van der Waals surface area (Å²) in [6.07, 6.45) is 11.6. The van der Waals surface area contributed by atoms with Crippen molar-refractivity contribution in [3.05, 3.63) is 12.7 Å². The van der Waals surface area contributed by atoms with Crippen LogP contribution < -0.4 is 0 Å². The number of hydrogen-bond donors (Lipinski definition) is 1. The van der Waals surface area contributed by atoms with Gasteiger partial charge in [0.1, 0.15) is 0 Å². The Morgan fingerprint density at radius 2 is 2.00 bits per heavy atom. The van der Waals surface area contributed by atoms with E-state index in [1.165, 1.54) is 44.9 Å². The molecule has 1 rings (SSSR count). The normalized spacial score (nSPS) is 23.7. The van der Waals surface area contributed by atoms with Crippen molar-refractivity contribution in [3.63, 3.8) is 0 Å². The summed E-state index contributed by atoms with van der Waals surface area (Å²) in [5.41, 5.74) is -0.0714. The van der Waals surface area contributed by atoms with E-state index in [1.807, 2.05) is 6.08 Å². The third-order valence-corrected chi connectivity index (χ3v) is 4.31. The van der Waals surface area contributed by atoms with Gasteiger partial charge in [0.2, 0.25) is 0 Å². The Labute approximate surface area is 101 Å². The molecule has 94 valence electrons. The molecule has 0 spiro atoms. The van der Waals surface area contributed by atoms with Crippen molar-refractivity contribution >= 4 is 0 Å². The first-order valence-corrected chi connectivity index (χ1v) is 6.95. The highest BCUT2D eigenvalue weighted by molar-refractivity contribution is 4.99. The van der Waals surface area contributed by atoms with E-state index in [2.05, 4.69) is 20.4 Å². The molecule has 0 aromatic rings. The van der Waals surface area contributed by atoms with Crippen LogP contribution in [-0.2, 0) is 0 Å². The highest BCUT2D eigenvalue weighted by atomic mass is 16.3. The summed E-state index contributed by atoms with van der Waals surface area (Å²) in [5.74, 6) is 0.508. The van der Waals surface area contributed by atoms with Crippen LogP contribution in [0.5, 0.6) is 0 Å². The lowest BCUT2D eigenvalue weighted by Gasteiger charge is -2.38. The van der Waals surface area contributed by atoms with E-state index in [-0.39, 0.29) is 11.5 Å². The van der Waals surface area contributed by atoms with Gasteiger partial charge in [0.25, 0.3) is 0 Å². The molecule has 0 saturated heterocycles. The van der Waals surface area contributed by atoms with E-state index in [0.29, 0.717) is 5.92 Å². The van der Waals surface area contributed by atoms with Gasteiger partial charge >= 0.3 is 0 Å². The Morgan fingerprint density at radius 3 is 2.50 bits per heavy atom. The van der Waals surface area contributed by atoms with Gasteiger partial charge in [-0.3, -0.25) is 0 Å². The molecule has 1 fully saturated rings. The van der Waals surface area contributed by atoms with E-state index >= 15 is 0 Å². The van der Waals surface area contributed by atoms with E-state index in [4.69, 9.17) is 0 Å². The van der Waals surface area contributed by atoms with Gasteiger partial charge in [-0.2, -0.15) is 0 Å². The number of hydrogen-bond acceptors (Lipinski definition) is 1. The highest BCUT2D eigenvalue weighted by Gasteiger charge is 2.35. The van der Waals surface area contributed by atoms with Crippen LogP contribution in [0.1, 0.15) is 65.2 Å². The smallest absolute Gasteiger partial charge is 0.0656 e. The minimum absolute atomic E-state index is 0.0714. The average molecular weight is 224 g/mol. The van der Waals surface area contributed by atoms with Crippen molar-refractivity contribution in [2.24, 2.45) is 11.3 Å². The predicted molar refractivity (Wildman–Crippen MR) is 70.4 cm³/mol. The molecule has 16 heavy (non-hydrogen) atoms. The van der Waals surface area contributed by atoms with Crippen LogP contribution in [0.4, 0.5) is 0 Å². The molecule has 0 heterocycles. The standard InChI is InChI=1S/C15H28O/c1-4-6-12-15(3,5-2)14(16)13-10-8-7-9-11-13/h5,13-14,16H,2,4,6-12H2,1,3H3/t14-,15+/m1/s1. The zero-order chi connectivity index (χ0) is 12.0. The minimum Gasteiger partial charge on any atom is -0.392 e. The van der Waals surface area contributed by atoms with Gasteiger partial charge in [-0.15, -0.1) is 6.58 Å². The molecule has 1 nitrogen and oxygen atoms in total. The van der Waals surface area contributed by atoms with Gasteiger partial charge in [0.15, 0.2) is 0 Å². The SMILES string of the molecule is C=C[C@@](C)(CCCC)[C@H](O)C1CCCCC1. The van der Waals surface area contributed by atoms with Crippen molar-refractivity contribution < 1.29 is 5.11 Å². The second kappa shape index (κ2) is 6.44. The number of unbranched alkanes of at least 4 members (excludes halogenated alkanes) is 1. The summed E-state index contributed by atoms with van der Waals surface area (Å²) >= 11 is 0. The van der Waals surface area contributed by atoms with Gasteiger partial charge in [-0.25, -0.2) is 0 Å². The van der Waals surface area contributed by atoms with Gasteiger partial charge in [-0.1, -0.05) is 52.0 Å². The second-order valence-corrected chi connectivity index (χ2v) is 5.66. The highest BCUT2D eigenvalue weighted by Crippen LogP contribution is 2.38. The van der Waals surface area contributed by atoms with E-state index in [1.54, 1.807) is 0 Å². The van der Waals surface area contributed by atoms with Crippen molar-refractivity contribution in [1.29, 1.82) is 0 Å². The molecule has 1 aliphatic rings. The molecule has 0 aromatic carbocycles. The fraction of sp³-hybridized carbons (Fsp3) is 0.867. The molecule has 0 amide bonds. The summed E-state index contributed by atoms with van der Waals surface area (Å²) in [5, 5.41) is 10.5. The Morgan fingerprint density at radius 1 is 1.38 bits per heavy atom. The molecule has 0 aromatic heterocycles. The molecule has 0 bridgehead atoms. The molecular weight excluding hydrogens is 196 g/mol. The first kappa shape index (κ1) is 13.8. The van der Waals surface area contributed by atoms with Gasteiger partial charge in [0, 0.05) is 5.41 Å². The van der Waals surface area contributed by atoms with Crippen LogP contribution in [0.25, 0.3) is 0 Å². The molecule has 1 aliphatic carbocycles. The van der Waals surface area contributed by atoms with Crippen molar-refractivity contribution in [1.82, 2.24) is 0 Å². The minimum atomic E-state index is -0.183. The van der Waals surface area contributed by atoms with E-state index in [0.717, 1.165) is 6.42 Å². The van der Waals surface area contributed by atoms with Crippen molar-refractivity contribution in [2.45, 2.75) is 71.3 Å². The van der Waals surface area contributed by atoms with Gasteiger partial charge in [0.05, 0.1) is 6.10 Å². The molecule has 1 N–H and O–H groups in total. The quantitative estimate of drug-likeness (QED) is 0.667. The van der Waals surface area contributed by atoms with Crippen molar-refractivity contribution in [3.8, 4) is 0 Å². The Hall–Kier alpha value is -0.300. The molecule has 1 saturated carbocycles. The molecule has 1 heteroatoms. The molecule has 2 atom stereocenters. The van der Waals surface area contributed by atoms with Crippen LogP contribution in [0, 0.1) is 11.3 Å². The summed E-state index contributed by atoms with van der Waals surface area (Å²) in [4.78, 5) is 0. The summed E-state index contributed by atoms with van der Waals surface area (Å²) in [7, 11) is 0. The lowest BCUT2D eigenvalue weighted by atomic mass is 9.70. The maximum absolute atomic E-state index is 10.5. The fourth-order valence-corrected chi connectivity index (χ4v) is 2.92. The van der Waals surface area contributed by atoms with Crippen molar-refractivity contribution in [2.75, 3.05) is 0 Å². The molecule has 0 radical (unpaired) electrons. The summed E-state index contributed by atoms with van der Waals surface area (Å²) < 4.78 is 0. The first-order chi connectivity index (χ1) is 7.64. The summed E-state index contributed by atoms with van der Waals surface area (Å²) in [6, 6.07) is 0.